The first-order valence-electron chi connectivity index (χ1n) is 13.9. The molecule has 1 N–H and O–H groups in total. The van der Waals surface area contributed by atoms with Gasteiger partial charge in [-0.2, -0.15) is 5.10 Å². The van der Waals surface area contributed by atoms with Crippen LogP contribution in [0.1, 0.15) is 43.9 Å². The van der Waals surface area contributed by atoms with Crippen molar-refractivity contribution in [1.29, 1.82) is 0 Å². The fourth-order valence-corrected chi connectivity index (χ4v) is 5.62. The number of fused-ring (bicyclic) bond motifs is 1. The Hall–Kier alpha value is -3.63. The van der Waals surface area contributed by atoms with Gasteiger partial charge in [-0.3, -0.25) is 9.88 Å². The Bertz CT molecular complexity index is 1470. The highest BCUT2D eigenvalue weighted by molar-refractivity contribution is 5.82. The van der Waals surface area contributed by atoms with Crippen molar-refractivity contribution in [2.75, 3.05) is 37.7 Å². The molecular weight excluding hydrogens is 514 g/mol. The minimum atomic E-state index is -2.60. The summed E-state index contributed by atoms with van der Waals surface area (Å²) in [4.78, 5) is 13.5. The SMILES string of the molecule is Cc1cc(O)cc(N(CCCN2CCC(F)(F)C2)c2ccc3ncc(-c4cnn(C5CCCCO5)c4)nc3c2)c1. The number of phenolic OH excluding ortho intramolecular Hbond substituents is 1. The van der Waals surface area contributed by atoms with Crippen molar-refractivity contribution in [3.8, 4) is 17.0 Å². The quantitative estimate of drug-likeness (QED) is 0.286. The second kappa shape index (κ2) is 11.1. The number of hydrogen-bond donors (Lipinski definition) is 1. The molecule has 1 atom stereocenters. The van der Waals surface area contributed by atoms with Crippen LogP contribution in [0.5, 0.6) is 5.75 Å². The van der Waals surface area contributed by atoms with Gasteiger partial charge in [0.2, 0.25) is 0 Å². The molecule has 10 heteroatoms. The molecule has 40 heavy (non-hydrogen) atoms. The first kappa shape index (κ1) is 26.6. The summed E-state index contributed by atoms with van der Waals surface area (Å²) in [5, 5.41) is 14.8. The van der Waals surface area contributed by atoms with E-state index in [1.54, 1.807) is 24.5 Å². The number of rotatable bonds is 8. The van der Waals surface area contributed by atoms with E-state index in [0.29, 0.717) is 26.1 Å². The number of phenols is 1. The minimum Gasteiger partial charge on any atom is -0.508 e. The fourth-order valence-electron chi connectivity index (χ4n) is 5.62. The lowest BCUT2D eigenvalue weighted by atomic mass is 10.1. The van der Waals surface area contributed by atoms with Crippen LogP contribution >= 0.6 is 0 Å². The van der Waals surface area contributed by atoms with Crippen LogP contribution in [0.2, 0.25) is 0 Å². The van der Waals surface area contributed by atoms with Crippen LogP contribution in [0.3, 0.4) is 0 Å². The summed E-state index contributed by atoms with van der Waals surface area (Å²) in [6.45, 7) is 4.09. The van der Waals surface area contributed by atoms with Gasteiger partial charge in [-0.25, -0.2) is 18.4 Å². The molecule has 4 heterocycles. The molecule has 2 aliphatic rings. The summed E-state index contributed by atoms with van der Waals surface area (Å²) < 4.78 is 35.1. The maximum Gasteiger partial charge on any atom is 0.261 e. The molecule has 6 rings (SSSR count). The van der Waals surface area contributed by atoms with Crippen molar-refractivity contribution in [3.05, 3.63) is 60.6 Å². The Kier molecular flexibility index (Phi) is 7.37. The van der Waals surface area contributed by atoms with Crippen LogP contribution in [0.15, 0.2) is 55.0 Å². The van der Waals surface area contributed by atoms with E-state index in [9.17, 15) is 13.9 Å². The summed E-state index contributed by atoms with van der Waals surface area (Å²) in [6.07, 6.45) is 9.22. The molecular formula is C30H34F2N6O2. The minimum absolute atomic E-state index is 0.0476. The van der Waals surface area contributed by atoms with Gasteiger partial charge in [-0.1, -0.05) is 0 Å². The Labute approximate surface area is 232 Å². The van der Waals surface area contributed by atoms with Crippen LogP contribution in [0.4, 0.5) is 20.2 Å². The average Bonchev–Trinajstić information content (AvgIpc) is 3.57. The van der Waals surface area contributed by atoms with Crippen molar-refractivity contribution >= 4 is 22.4 Å². The zero-order valence-corrected chi connectivity index (χ0v) is 22.6. The Morgan fingerprint density at radius 2 is 2.00 bits per heavy atom. The van der Waals surface area contributed by atoms with E-state index in [1.807, 2.05) is 47.0 Å². The lowest BCUT2D eigenvalue weighted by Crippen LogP contribution is -2.29. The van der Waals surface area contributed by atoms with Crippen LogP contribution in [-0.4, -0.2) is 68.5 Å². The lowest BCUT2D eigenvalue weighted by Gasteiger charge is -2.27. The molecule has 0 spiro atoms. The summed E-state index contributed by atoms with van der Waals surface area (Å²) in [5.41, 5.74) is 5.75. The summed E-state index contributed by atoms with van der Waals surface area (Å²) in [5.74, 6) is -2.42. The number of benzene rings is 2. The number of likely N-dealkylation sites (tertiary alicyclic amines) is 1. The van der Waals surface area contributed by atoms with Gasteiger partial charge in [0, 0.05) is 61.9 Å². The first-order valence-corrected chi connectivity index (χ1v) is 13.9. The van der Waals surface area contributed by atoms with Crippen LogP contribution in [0, 0.1) is 6.92 Å². The maximum atomic E-state index is 13.7. The molecule has 4 aromatic rings. The molecule has 0 aliphatic carbocycles. The molecule has 2 saturated heterocycles. The van der Waals surface area contributed by atoms with Gasteiger partial charge in [-0.05, 0) is 68.5 Å². The molecule has 0 saturated carbocycles. The summed E-state index contributed by atoms with van der Waals surface area (Å²) >= 11 is 0. The van der Waals surface area contributed by atoms with Gasteiger partial charge in [0.1, 0.15) is 12.0 Å². The van der Waals surface area contributed by atoms with Crippen molar-refractivity contribution in [2.24, 2.45) is 0 Å². The highest BCUT2D eigenvalue weighted by Crippen LogP contribution is 2.33. The third kappa shape index (κ3) is 5.93. The second-order valence-corrected chi connectivity index (χ2v) is 10.9. The summed E-state index contributed by atoms with van der Waals surface area (Å²) in [7, 11) is 0. The predicted octanol–water partition coefficient (Wildman–Crippen LogP) is 6.08. The van der Waals surface area contributed by atoms with Gasteiger partial charge in [-0.15, -0.1) is 0 Å². The second-order valence-electron chi connectivity index (χ2n) is 10.9. The van der Waals surface area contributed by atoms with E-state index in [1.165, 1.54) is 0 Å². The molecule has 8 nitrogen and oxygen atoms in total. The standard InChI is InChI=1S/C30H34F2N6O2/c1-21-13-24(15-25(39)14-21)37(10-4-9-36-11-8-30(31,32)20-36)23-6-7-26-27(16-23)35-28(18-33-26)22-17-34-38(19-22)29-5-2-3-12-40-29/h6-7,13-19,29,39H,2-5,8-12,20H2,1H3. The zero-order valence-electron chi connectivity index (χ0n) is 22.6. The number of hydrogen-bond acceptors (Lipinski definition) is 7. The highest BCUT2D eigenvalue weighted by Gasteiger charge is 2.37. The van der Waals surface area contributed by atoms with Crippen LogP contribution < -0.4 is 4.90 Å². The molecule has 2 aromatic carbocycles. The smallest absolute Gasteiger partial charge is 0.261 e. The molecule has 2 aromatic heterocycles. The van der Waals surface area contributed by atoms with E-state index >= 15 is 0 Å². The van der Waals surface area contributed by atoms with Gasteiger partial charge in [0.15, 0.2) is 0 Å². The van der Waals surface area contributed by atoms with E-state index in [0.717, 1.165) is 65.1 Å². The first-order chi connectivity index (χ1) is 19.3. The number of ether oxygens (including phenoxy) is 1. The number of nitrogens with zero attached hydrogens (tertiary/aromatic N) is 6. The molecule has 0 amide bonds. The Balaban J connectivity index is 1.27. The maximum absolute atomic E-state index is 13.7. The average molecular weight is 549 g/mol. The molecule has 1 unspecified atom stereocenters. The van der Waals surface area contributed by atoms with E-state index in [-0.39, 0.29) is 24.9 Å². The molecule has 0 bridgehead atoms. The zero-order chi connectivity index (χ0) is 27.7. The fraction of sp³-hybridized carbons (Fsp3) is 0.433. The number of aryl methyl sites for hydroxylation is 1. The summed E-state index contributed by atoms with van der Waals surface area (Å²) in [6, 6.07) is 11.4. The Morgan fingerprint density at radius 3 is 2.77 bits per heavy atom. The molecule has 0 radical (unpaired) electrons. The van der Waals surface area contributed by atoms with E-state index in [2.05, 4.69) is 15.0 Å². The van der Waals surface area contributed by atoms with Crippen LogP contribution in [0.25, 0.3) is 22.3 Å². The molecule has 2 fully saturated rings. The van der Waals surface area contributed by atoms with E-state index in [4.69, 9.17) is 9.72 Å². The highest BCUT2D eigenvalue weighted by atomic mass is 19.3. The third-order valence-corrected chi connectivity index (χ3v) is 7.65. The number of aromatic nitrogens is 4. The lowest BCUT2D eigenvalue weighted by molar-refractivity contribution is -0.0394. The third-order valence-electron chi connectivity index (χ3n) is 7.65. The predicted molar refractivity (Wildman–Crippen MR) is 150 cm³/mol. The van der Waals surface area contributed by atoms with Crippen molar-refractivity contribution in [2.45, 2.75) is 51.2 Å². The normalized spacial score (nSPS) is 19.3. The van der Waals surface area contributed by atoms with Gasteiger partial charge >= 0.3 is 0 Å². The van der Waals surface area contributed by atoms with Gasteiger partial charge in [0.05, 0.1) is 35.7 Å². The van der Waals surface area contributed by atoms with Crippen LogP contribution in [-0.2, 0) is 4.74 Å². The number of alkyl halides is 2. The number of halogens is 2. The largest absolute Gasteiger partial charge is 0.508 e. The molecule has 210 valence electrons. The molecule has 2 aliphatic heterocycles. The van der Waals surface area contributed by atoms with Crippen molar-refractivity contribution in [1.82, 2.24) is 24.6 Å². The number of anilines is 2. The van der Waals surface area contributed by atoms with E-state index < -0.39 is 5.92 Å². The monoisotopic (exact) mass is 548 g/mol. The van der Waals surface area contributed by atoms with Crippen molar-refractivity contribution in [3.63, 3.8) is 0 Å². The Morgan fingerprint density at radius 1 is 1.10 bits per heavy atom. The van der Waals surface area contributed by atoms with Gasteiger partial charge in [0.25, 0.3) is 5.92 Å². The van der Waals surface area contributed by atoms with Crippen molar-refractivity contribution < 1.29 is 18.6 Å². The number of aromatic hydroxyl groups is 1. The topological polar surface area (TPSA) is 79.5 Å². The van der Waals surface area contributed by atoms with Gasteiger partial charge < -0.3 is 14.7 Å².